The number of ether oxygens (including phenoxy) is 2. The minimum Gasteiger partial charge on any atom is -0.491 e. The number of nitrogens with one attached hydrogen (secondary N) is 1. The van der Waals surface area contributed by atoms with Crippen molar-refractivity contribution in [2.24, 2.45) is 0 Å². The predicted molar refractivity (Wildman–Crippen MR) is 77.6 cm³/mol. The zero-order chi connectivity index (χ0) is 13.7. The van der Waals surface area contributed by atoms with Crippen LogP contribution in [-0.4, -0.2) is 25.4 Å². The summed E-state index contributed by atoms with van der Waals surface area (Å²) in [5.74, 6) is 0.971. The maximum absolute atomic E-state index is 5.97. The average Bonchev–Trinajstić information content (AvgIpc) is 2.83. The summed E-state index contributed by atoms with van der Waals surface area (Å²) in [6, 6.07) is 8.56. The van der Waals surface area contributed by atoms with E-state index in [1.807, 2.05) is 12.1 Å². The minimum atomic E-state index is 0.248. The van der Waals surface area contributed by atoms with Gasteiger partial charge in [-0.1, -0.05) is 25.1 Å². The van der Waals surface area contributed by atoms with Crippen LogP contribution in [-0.2, 0) is 4.74 Å². The Hall–Kier alpha value is -1.06. The first-order valence-corrected chi connectivity index (χ1v) is 7.31. The molecule has 3 nitrogen and oxygen atoms in total. The fourth-order valence-electron chi connectivity index (χ4n) is 2.58. The van der Waals surface area contributed by atoms with Crippen molar-refractivity contribution in [3.05, 3.63) is 29.8 Å². The van der Waals surface area contributed by atoms with E-state index in [1.165, 1.54) is 5.56 Å². The third-order valence-electron chi connectivity index (χ3n) is 3.64. The van der Waals surface area contributed by atoms with Crippen LogP contribution in [0, 0.1) is 0 Å². The number of hydrogen-bond acceptors (Lipinski definition) is 3. The maximum Gasteiger partial charge on any atom is 0.124 e. The second-order valence-electron chi connectivity index (χ2n) is 5.27. The Morgan fingerprint density at radius 3 is 2.84 bits per heavy atom. The molecule has 0 spiro atoms. The quantitative estimate of drug-likeness (QED) is 0.854. The molecule has 1 aliphatic heterocycles. The molecule has 0 bridgehead atoms. The van der Waals surface area contributed by atoms with Crippen LogP contribution in [0.1, 0.15) is 45.2 Å². The molecule has 19 heavy (non-hydrogen) atoms. The van der Waals surface area contributed by atoms with E-state index in [0.29, 0.717) is 18.8 Å². The Bertz CT molecular complexity index is 394. The molecule has 1 aliphatic rings. The van der Waals surface area contributed by atoms with Crippen molar-refractivity contribution in [2.75, 3.05) is 13.2 Å². The van der Waals surface area contributed by atoms with Crippen LogP contribution < -0.4 is 10.1 Å². The van der Waals surface area contributed by atoms with Crippen molar-refractivity contribution in [1.82, 2.24) is 5.32 Å². The third-order valence-corrected chi connectivity index (χ3v) is 3.64. The van der Waals surface area contributed by atoms with Gasteiger partial charge in [-0.3, -0.25) is 0 Å². The molecule has 3 heteroatoms. The summed E-state index contributed by atoms with van der Waals surface area (Å²) in [6.45, 7) is 8.02. The van der Waals surface area contributed by atoms with E-state index < -0.39 is 0 Å². The van der Waals surface area contributed by atoms with Crippen molar-refractivity contribution in [2.45, 2.75) is 51.9 Å². The third kappa shape index (κ3) is 3.95. The van der Waals surface area contributed by atoms with Gasteiger partial charge in [0.2, 0.25) is 0 Å². The van der Waals surface area contributed by atoms with Gasteiger partial charge in [-0.2, -0.15) is 0 Å². The van der Waals surface area contributed by atoms with Gasteiger partial charge >= 0.3 is 0 Å². The molecule has 3 atom stereocenters. The van der Waals surface area contributed by atoms with E-state index in [9.17, 15) is 0 Å². The topological polar surface area (TPSA) is 30.5 Å². The van der Waals surface area contributed by atoms with E-state index >= 15 is 0 Å². The summed E-state index contributed by atoms with van der Waals surface area (Å²) in [4.78, 5) is 0. The summed E-state index contributed by atoms with van der Waals surface area (Å²) in [5, 5.41) is 3.43. The van der Waals surface area contributed by atoms with Gasteiger partial charge in [0.15, 0.2) is 0 Å². The fraction of sp³-hybridized carbons (Fsp3) is 0.625. The highest BCUT2D eigenvalue weighted by molar-refractivity contribution is 5.35. The molecule has 1 aromatic rings. The summed E-state index contributed by atoms with van der Waals surface area (Å²) in [5.41, 5.74) is 1.22. The number of para-hydroxylation sites is 1. The minimum absolute atomic E-state index is 0.248. The Kier molecular flexibility index (Phi) is 5.23. The molecular weight excluding hydrogens is 238 g/mol. The Morgan fingerprint density at radius 2 is 2.16 bits per heavy atom. The molecule has 2 rings (SSSR count). The lowest BCUT2D eigenvalue weighted by Gasteiger charge is -2.19. The Morgan fingerprint density at radius 1 is 1.37 bits per heavy atom. The molecule has 1 saturated heterocycles. The van der Waals surface area contributed by atoms with Crippen molar-refractivity contribution in [1.29, 1.82) is 0 Å². The molecule has 1 aromatic carbocycles. The van der Waals surface area contributed by atoms with E-state index in [1.54, 1.807) is 0 Å². The van der Waals surface area contributed by atoms with E-state index in [4.69, 9.17) is 9.47 Å². The SMILES string of the molecule is CCNC(C)c1ccccc1OCC1CCC(C)O1. The molecule has 1 fully saturated rings. The second kappa shape index (κ2) is 6.92. The smallest absolute Gasteiger partial charge is 0.124 e. The van der Waals surface area contributed by atoms with Crippen molar-refractivity contribution < 1.29 is 9.47 Å². The second-order valence-corrected chi connectivity index (χ2v) is 5.27. The van der Waals surface area contributed by atoms with Gasteiger partial charge in [-0.25, -0.2) is 0 Å². The standard InChI is InChI=1S/C16H25NO2/c1-4-17-13(3)15-7-5-6-8-16(15)18-11-14-10-9-12(2)19-14/h5-8,12-14,17H,4,9-11H2,1-3H3. The molecule has 0 saturated carbocycles. The Labute approximate surface area is 116 Å². The van der Waals surface area contributed by atoms with Gasteiger partial charge in [0, 0.05) is 11.6 Å². The van der Waals surface area contributed by atoms with E-state index in [2.05, 4.69) is 38.2 Å². The van der Waals surface area contributed by atoms with Crippen LogP contribution in [0.5, 0.6) is 5.75 Å². The number of benzene rings is 1. The van der Waals surface area contributed by atoms with Crippen LogP contribution in [0.25, 0.3) is 0 Å². The van der Waals surface area contributed by atoms with Gasteiger partial charge < -0.3 is 14.8 Å². The highest BCUT2D eigenvalue weighted by atomic mass is 16.5. The molecule has 1 N–H and O–H groups in total. The molecular formula is C16H25NO2. The molecule has 0 amide bonds. The normalized spacial score (nSPS) is 24.4. The molecule has 0 aliphatic carbocycles. The monoisotopic (exact) mass is 263 g/mol. The first-order valence-electron chi connectivity index (χ1n) is 7.31. The summed E-state index contributed by atoms with van der Waals surface area (Å²) in [6.07, 6.45) is 2.87. The van der Waals surface area contributed by atoms with Crippen molar-refractivity contribution >= 4 is 0 Å². The van der Waals surface area contributed by atoms with Gasteiger partial charge in [-0.15, -0.1) is 0 Å². The Balaban J connectivity index is 1.95. The van der Waals surface area contributed by atoms with Gasteiger partial charge in [-0.05, 0) is 39.3 Å². The molecule has 0 aromatic heterocycles. The van der Waals surface area contributed by atoms with Crippen LogP contribution in [0.15, 0.2) is 24.3 Å². The highest BCUT2D eigenvalue weighted by Gasteiger charge is 2.22. The molecule has 1 heterocycles. The van der Waals surface area contributed by atoms with Crippen LogP contribution in [0.3, 0.4) is 0 Å². The number of hydrogen-bond donors (Lipinski definition) is 1. The number of rotatable bonds is 6. The largest absolute Gasteiger partial charge is 0.491 e. The van der Waals surface area contributed by atoms with E-state index in [-0.39, 0.29) is 6.10 Å². The van der Waals surface area contributed by atoms with Gasteiger partial charge in [0.1, 0.15) is 12.4 Å². The molecule has 3 unspecified atom stereocenters. The lowest BCUT2D eigenvalue weighted by atomic mass is 10.1. The lowest BCUT2D eigenvalue weighted by Crippen LogP contribution is -2.21. The summed E-state index contributed by atoms with van der Waals surface area (Å²) in [7, 11) is 0. The molecule has 0 radical (unpaired) electrons. The van der Waals surface area contributed by atoms with Crippen LogP contribution in [0.4, 0.5) is 0 Å². The zero-order valence-corrected chi connectivity index (χ0v) is 12.2. The highest BCUT2D eigenvalue weighted by Crippen LogP contribution is 2.26. The van der Waals surface area contributed by atoms with Crippen molar-refractivity contribution in [3.63, 3.8) is 0 Å². The first-order chi connectivity index (χ1) is 9.20. The molecule has 106 valence electrons. The van der Waals surface area contributed by atoms with Gasteiger partial charge in [0.05, 0.1) is 12.2 Å². The van der Waals surface area contributed by atoms with Crippen LogP contribution >= 0.6 is 0 Å². The lowest BCUT2D eigenvalue weighted by molar-refractivity contribution is 0.0261. The van der Waals surface area contributed by atoms with E-state index in [0.717, 1.165) is 25.1 Å². The summed E-state index contributed by atoms with van der Waals surface area (Å²) < 4.78 is 11.8. The van der Waals surface area contributed by atoms with Gasteiger partial charge in [0.25, 0.3) is 0 Å². The predicted octanol–water partition coefficient (Wildman–Crippen LogP) is 3.30. The van der Waals surface area contributed by atoms with Crippen molar-refractivity contribution in [3.8, 4) is 5.75 Å². The maximum atomic E-state index is 5.97. The van der Waals surface area contributed by atoms with Crippen LogP contribution in [0.2, 0.25) is 0 Å². The first kappa shape index (κ1) is 14.4. The fourth-order valence-corrected chi connectivity index (χ4v) is 2.58. The average molecular weight is 263 g/mol. The zero-order valence-electron chi connectivity index (χ0n) is 12.2. The summed E-state index contributed by atoms with van der Waals surface area (Å²) >= 11 is 0.